The maximum absolute atomic E-state index is 13.5. The first-order chi connectivity index (χ1) is 16.8. The molecule has 3 aromatic carbocycles. The number of para-hydroxylation sites is 2. The summed E-state index contributed by atoms with van der Waals surface area (Å²) in [7, 11) is -2.95. The van der Waals surface area contributed by atoms with Gasteiger partial charge in [0, 0.05) is 6.54 Å². The van der Waals surface area contributed by atoms with E-state index in [0.29, 0.717) is 17.0 Å². The molecule has 0 fully saturated rings. The second-order valence-electron chi connectivity index (χ2n) is 7.81. The van der Waals surface area contributed by atoms with Gasteiger partial charge in [0.2, 0.25) is 22.0 Å². The summed E-state index contributed by atoms with van der Waals surface area (Å²) in [5, 5.41) is 0. The van der Waals surface area contributed by atoms with Gasteiger partial charge in [0.1, 0.15) is 11.6 Å². The minimum absolute atomic E-state index is 0.0846. The number of fused-ring (bicyclic) bond motifs is 1. The molecular weight excluding hydrogens is 475 g/mol. The number of ether oxygens (including phenoxy) is 2. The Morgan fingerprint density at radius 3 is 2.37 bits per heavy atom. The van der Waals surface area contributed by atoms with Crippen LogP contribution in [-0.4, -0.2) is 50.9 Å². The normalized spacial score (nSPS) is 15.3. The quantitative estimate of drug-likeness (QED) is 0.465. The third-order valence-electron chi connectivity index (χ3n) is 5.50. The third-order valence-corrected chi connectivity index (χ3v) is 7.31. The molecule has 35 heavy (non-hydrogen) atoms. The summed E-state index contributed by atoms with van der Waals surface area (Å²) in [4.78, 5) is 26.8. The Morgan fingerprint density at radius 2 is 1.69 bits per heavy atom. The molecule has 0 saturated carbocycles. The number of benzene rings is 3. The highest BCUT2D eigenvalue weighted by Crippen LogP contribution is 2.34. The molecule has 0 saturated heterocycles. The van der Waals surface area contributed by atoms with Gasteiger partial charge in [0.15, 0.2) is 0 Å². The molecule has 0 aromatic heterocycles. The number of sulfonamides is 1. The molecule has 0 spiro atoms. The molecule has 0 bridgehead atoms. The third kappa shape index (κ3) is 5.33. The van der Waals surface area contributed by atoms with Crippen LogP contribution in [0.25, 0.3) is 0 Å². The van der Waals surface area contributed by atoms with E-state index in [1.165, 1.54) is 12.0 Å². The van der Waals surface area contributed by atoms with Crippen molar-refractivity contribution in [3.05, 3.63) is 90.2 Å². The van der Waals surface area contributed by atoms with Crippen molar-refractivity contribution >= 4 is 27.6 Å². The number of carbonyl (C=O) groups excluding carboxylic acids is 2. The van der Waals surface area contributed by atoms with E-state index in [-0.39, 0.29) is 18.0 Å². The fraction of sp³-hybridized carbons (Fsp3) is 0.200. The zero-order chi connectivity index (χ0) is 25.0. The SMILES string of the molecule is COC(=O)[C@@H]1CN(C(=O)CN(Cc2ccccc2)S(=O)(=O)c2ccc(F)cc2)c2ccccc2O1. The molecule has 0 aliphatic carbocycles. The fourth-order valence-electron chi connectivity index (χ4n) is 3.73. The van der Waals surface area contributed by atoms with Crippen LogP contribution in [0.1, 0.15) is 5.56 Å². The topological polar surface area (TPSA) is 93.2 Å². The van der Waals surface area contributed by atoms with E-state index < -0.39 is 40.4 Å². The largest absolute Gasteiger partial charge is 0.475 e. The van der Waals surface area contributed by atoms with Crippen LogP contribution in [0.15, 0.2) is 83.8 Å². The van der Waals surface area contributed by atoms with Gasteiger partial charge in [-0.25, -0.2) is 17.6 Å². The molecule has 1 aliphatic heterocycles. The summed E-state index contributed by atoms with van der Waals surface area (Å²) in [6.07, 6.45) is -1.06. The zero-order valence-electron chi connectivity index (χ0n) is 18.8. The number of carbonyl (C=O) groups is 2. The lowest BCUT2D eigenvalue weighted by Crippen LogP contribution is -2.50. The van der Waals surface area contributed by atoms with Crippen LogP contribution in [0.4, 0.5) is 10.1 Å². The molecule has 1 heterocycles. The number of rotatable bonds is 7. The maximum atomic E-state index is 13.5. The van der Waals surface area contributed by atoms with E-state index in [1.54, 1.807) is 54.6 Å². The summed E-state index contributed by atoms with van der Waals surface area (Å²) < 4.78 is 51.8. The first kappa shape index (κ1) is 24.4. The van der Waals surface area contributed by atoms with Crippen LogP contribution in [0.2, 0.25) is 0 Å². The molecule has 1 amide bonds. The van der Waals surface area contributed by atoms with E-state index in [0.717, 1.165) is 28.6 Å². The summed E-state index contributed by atoms with van der Waals surface area (Å²) in [6.45, 7) is -0.742. The highest BCUT2D eigenvalue weighted by Gasteiger charge is 2.36. The number of methoxy groups -OCH3 is 1. The first-order valence-corrected chi connectivity index (χ1v) is 12.2. The van der Waals surface area contributed by atoms with Crippen LogP contribution >= 0.6 is 0 Å². The van der Waals surface area contributed by atoms with Crippen molar-refractivity contribution in [2.75, 3.05) is 25.1 Å². The van der Waals surface area contributed by atoms with Gasteiger partial charge in [-0.3, -0.25) is 4.79 Å². The first-order valence-electron chi connectivity index (χ1n) is 10.7. The number of halogens is 1. The molecule has 1 atom stereocenters. The minimum Gasteiger partial charge on any atom is -0.475 e. The van der Waals surface area contributed by atoms with Crippen molar-refractivity contribution in [2.24, 2.45) is 0 Å². The smallest absolute Gasteiger partial charge is 0.348 e. The Morgan fingerprint density at radius 1 is 1.03 bits per heavy atom. The lowest BCUT2D eigenvalue weighted by atomic mass is 10.2. The summed E-state index contributed by atoms with van der Waals surface area (Å²) in [5.74, 6) is -1.49. The molecule has 0 radical (unpaired) electrons. The Hall–Kier alpha value is -3.76. The van der Waals surface area contributed by atoms with Gasteiger partial charge < -0.3 is 14.4 Å². The minimum atomic E-state index is -4.17. The molecule has 0 unspecified atom stereocenters. The molecule has 8 nitrogen and oxygen atoms in total. The number of nitrogens with zero attached hydrogens (tertiary/aromatic N) is 2. The van der Waals surface area contributed by atoms with E-state index >= 15 is 0 Å². The molecule has 182 valence electrons. The van der Waals surface area contributed by atoms with E-state index in [2.05, 4.69) is 0 Å². The molecule has 1 aliphatic rings. The van der Waals surface area contributed by atoms with Crippen LogP contribution in [0.5, 0.6) is 5.75 Å². The summed E-state index contributed by atoms with van der Waals surface area (Å²) in [5.41, 5.74) is 1.08. The van der Waals surface area contributed by atoms with Gasteiger partial charge in [-0.2, -0.15) is 4.31 Å². The second-order valence-corrected chi connectivity index (χ2v) is 9.75. The van der Waals surface area contributed by atoms with Crippen LogP contribution < -0.4 is 9.64 Å². The number of esters is 1. The Labute approximate surface area is 202 Å². The lowest BCUT2D eigenvalue weighted by molar-refractivity contribution is -0.148. The van der Waals surface area contributed by atoms with Crippen LogP contribution in [0.3, 0.4) is 0 Å². The van der Waals surface area contributed by atoms with Crippen molar-refractivity contribution in [1.82, 2.24) is 4.31 Å². The molecule has 4 rings (SSSR count). The maximum Gasteiger partial charge on any atom is 0.348 e. The number of hydrogen-bond donors (Lipinski definition) is 0. The number of hydrogen-bond acceptors (Lipinski definition) is 6. The van der Waals surface area contributed by atoms with E-state index in [9.17, 15) is 22.4 Å². The van der Waals surface area contributed by atoms with E-state index in [4.69, 9.17) is 9.47 Å². The Balaban J connectivity index is 1.67. The average Bonchev–Trinajstić information content (AvgIpc) is 2.88. The predicted molar refractivity (Wildman–Crippen MR) is 126 cm³/mol. The van der Waals surface area contributed by atoms with Crippen molar-refractivity contribution < 1.29 is 31.9 Å². The number of amides is 1. The average molecular weight is 499 g/mol. The van der Waals surface area contributed by atoms with Crippen molar-refractivity contribution in [3.8, 4) is 5.75 Å². The number of anilines is 1. The summed E-state index contributed by atoms with van der Waals surface area (Å²) in [6, 6.07) is 19.9. The highest BCUT2D eigenvalue weighted by molar-refractivity contribution is 7.89. The van der Waals surface area contributed by atoms with Gasteiger partial charge in [0.05, 0.1) is 30.8 Å². The predicted octanol–water partition coefficient (Wildman–Crippen LogP) is 2.98. The monoisotopic (exact) mass is 498 g/mol. The lowest BCUT2D eigenvalue weighted by Gasteiger charge is -2.34. The van der Waals surface area contributed by atoms with Gasteiger partial charge in [-0.15, -0.1) is 0 Å². The standard InChI is InChI=1S/C25H23FN2O6S/c1-33-25(30)23-16-28(21-9-5-6-10-22(21)34-23)24(29)17-27(15-18-7-3-2-4-8-18)35(31,32)20-13-11-19(26)12-14-20/h2-14,23H,15-17H2,1H3/t23-/m0/s1. The van der Waals surface area contributed by atoms with Gasteiger partial charge in [-0.1, -0.05) is 42.5 Å². The Bertz CT molecular complexity index is 1320. The molecule has 0 N–H and O–H groups in total. The van der Waals surface area contributed by atoms with Crippen LogP contribution in [0, 0.1) is 5.82 Å². The molecule has 3 aromatic rings. The molecular formula is C25H23FN2O6S. The van der Waals surface area contributed by atoms with Crippen LogP contribution in [-0.2, 0) is 30.9 Å². The van der Waals surface area contributed by atoms with Gasteiger partial charge >= 0.3 is 5.97 Å². The van der Waals surface area contributed by atoms with Crippen molar-refractivity contribution in [3.63, 3.8) is 0 Å². The van der Waals surface area contributed by atoms with E-state index in [1.807, 2.05) is 0 Å². The summed E-state index contributed by atoms with van der Waals surface area (Å²) >= 11 is 0. The second kappa shape index (κ2) is 10.2. The van der Waals surface area contributed by atoms with Gasteiger partial charge in [-0.05, 0) is 42.0 Å². The van der Waals surface area contributed by atoms with Gasteiger partial charge in [0.25, 0.3) is 0 Å². The molecule has 10 heteroatoms. The van der Waals surface area contributed by atoms with Crippen molar-refractivity contribution in [1.29, 1.82) is 0 Å². The zero-order valence-corrected chi connectivity index (χ0v) is 19.7. The Kier molecular flexibility index (Phi) is 7.13. The van der Waals surface area contributed by atoms with Crippen molar-refractivity contribution in [2.45, 2.75) is 17.5 Å². The fourth-order valence-corrected chi connectivity index (χ4v) is 5.11. The highest BCUT2D eigenvalue weighted by atomic mass is 32.2.